The van der Waals surface area contributed by atoms with E-state index in [0.717, 1.165) is 11.3 Å². The van der Waals surface area contributed by atoms with Gasteiger partial charge in [0.1, 0.15) is 11.5 Å². The van der Waals surface area contributed by atoms with E-state index in [1.165, 1.54) is 4.90 Å². The lowest BCUT2D eigenvalue weighted by Crippen LogP contribution is -2.29. The van der Waals surface area contributed by atoms with E-state index in [4.69, 9.17) is 27.9 Å². The molecule has 0 saturated carbocycles. The molecule has 1 atom stereocenters. The number of ketones is 1. The molecule has 1 unspecified atom stereocenters. The molecule has 1 aromatic heterocycles. The number of fused-ring (bicyclic) bond motifs is 1. The Kier molecular flexibility index (Phi) is 5.56. The number of pyridine rings is 1. The van der Waals surface area contributed by atoms with Gasteiger partial charge in [0.05, 0.1) is 40.5 Å². The fourth-order valence-corrected chi connectivity index (χ4v) is 4.53. The van der Waals surface area contributed by atoms with Crippen LogP contribution < -0.4 is 4.74 Å². The Labute approximate surface area is 200 Å². The fourth-order valence-electron chi connectivity index (χ4n) is 4.23. The average Bonchev–Trinajstić information content (AvgIpc) is 3.39. The molecule has 3 aromatic rings. The number of hydrogen-bond donors (Lipinski definition) is 1. The number of nitrogens with zero attached hydrogens (tertiary/aromatic N) is 2. The van der Waals surface area contributed by atoms with Crippen LogP contribution in [0.25, 0.3) is 5.76 Å². The zero-order chi connectivity index (χ0) is 23.1. The number of ether oxygens (including phenoxy) is 1. The first-order valence-electron chi connectivity index (χ1n) is 10.3. The zero-order valence-corrected chi connectivity index (χ0v) is 18.8. The normalized spacial score (nSPS) is 19.0. The van der Waals surface area contributed by atoms with Crippen LogP contribution in [0.4, 0.5) is 0 Å². The van der Waals surface area contributed by atoms with Crippen LogP contribution in [0.1, 0.15) is 28.4 Å². The van der Waals surface area contributed by atoms with Gasteiger partial charge in [0.25, 0.3) is 11.7 Å². The Hall–Kier alpha value is -3.35. The van der Waals surface area contributed by atoms with Crippen molar-refractivity contribution in [1.82, 2.24) is 9.88 Å². The maximum Gasteiger partial charge on any atom is 0.296 e. The van der Waals surface area contributed by atoms with Crippen molar-refractivity contribution in [2.45, 2.75) is 19.0 Å². The van der Waals surface area contributed by atoms with E-state index in [9.17, 15) is 14.7 Å². The molecule has 5 rings (SSSR count). The number of aromatic nitrogens is 1. The molecule has 1 amide bonds. The Morgan fingerprint density at radius 2 is 1.94 bits per heavy atom. The van der Waals surface area contributed by atoms with Gasteiger partial charge in [-0.05, 0) is 53.6 Å². The Morgan fingerprint density at radius 1 is 1.09 bits per heavy atom. The van der Waals surface area contributed by atoms with Crippen molar-refractivity contribution in [2.24, 2.45) is 0 Å². The summed E-state index contributed by atoms with van der Waals surface area (Å²) >= 11 is 12.4. The molecule has 1 N–H and O–H groups in total. The third kappa shape index (κ3) is 3.86. The van der Waals surface area contributed by atoms with E-state index in [1.54, 1.807) is 60.8 Å². The summed E-state index contributed by atoms with van der Waals surface area (Å²) in [4.78, 5) is 32.0. The molecular formula is C25H18Cl2N2O4. The van der Waals surface area contributed by atoms with Gasteiger partial charge < -0.3 is 14.7 Å². The van der Waals surface area contributed by atoms with Crippen LogP contribution in [-0.4, -0.2) is 33.3 Å². The van der Waals surface area contributed by atoms with Crippen LogP contribution in [0, 0.1) is 0 Å². The van der Waals surface area contributed by atoms with Crippen molar-refractivity contribution in [1.29, 1.82) is 0 Å². The molecule has 33 heavy (non-hydrogen) atoms. The molecule has 0 aliphatic carbocycles. The molecule has 0 bridgehead atoms. The van der Waals surface area contributed by atoms with Crippen molar-refractivity contribution in [3.63, 3.8) is 0 Å². The quantitative estimate of drug-likeness (QED) is 0.324. The maximum atomic E-state index is 13.2. The highest BCUT2D eigenvalue weighted by Gasteiger charge is 2.46. The number of aliphatic hydroxyl groups excluding tert-OH is 1. The molecule has 2 aliphatic heterocycles. The van der Waals surface area contributed by atoms with E-state index >= 15 is 0 Å². The van der Waals surface area contributed by atoms with Crippen LogP contribution in [0.3, 0.4) is 0 Å². The molecule has 166 valence electrons. The summed E-state index contributed by atoms with van der Waals surface area (Å²) in [7, 11) is 0. The van der Waals surface area contributed by atoms with E-state index in [1.807, 2.05) is 0 Å². The maximum absolute atomic E-state index is 13.2. The second kappa shape index (κ2) is 8.54. The van der Waals surface area contributed by atoms with E-state index in [2.05, 4.69) is 4.98 Å². The van der Waals surface area contributed by atoms with Gasteiger partial charge in [-0.25, -0.2) is 0 Å². The number of likely N-dealkylation sites (tertiary alicyclic amines) is 1. The lowest BCUT2D eigenvalue weighted by atomic mass is 9.94. The van der Waals surface area contributed by atoms with E-state index < -0.39 is 17.7 Å². The molecule has 2 aromatic carbocycles. The molecule has 1 saturated heterocycles. The van der Waals surface area contributed by atoms with Gasteiger partial charge in [-0.15, -0.1) is 0 Å². The van der Waals surface area contributed by atoms with Crippen LogP contribution in [0.2, 0.25) is 10.0 Å². The van der Waals surface area contributed by atoms with Gasteiger partial charge in [-0.1, -0.05) is 35.3 Å². The molecule has 2 aliphatic rings. The average molecular weight is 481 g/mol. The number of aliphatic hydroxyl groups is 1. The van der Waals surface area contributed by atoms with Crippen LogP contribution in [-0.2, 0) is 22.6 Å². The van der Waals surface area contributed by atoms with Crippen molar-refractivity contribution in [3.8, 4) is 5.75 Å². The summed E-state index contributed by atoms with van der Waals surface area (Å²) in [5, 5.41) is 11.9. The van der Waals surface area contributed by atoms with Gasteiger partial charge in [-0.3, -0.25) is 14.6 Å². The standard InChI is InChI=1S/C25H18Cl2N2O4/c26-18-6-4-15(12-19(18)27)22-21(23(30)16-5-7-20-14(11-16)8-10-33-20)24(31)25(32)29(22)13-17-3-1-2-9-28-17/h1-7,9,11-12,22,30H,8,10,13H2/b23-21-. The summed E-state index contributed by atoms with van der Waals surface area (Å²) < 4.78 is 5.53. The number of benzene rings is 2. The van der Waals surface area contributed by atoms with Crippen molar-refractivity contribution < 1.29 is 19.4 Å². The van der Waals surface area contributed by atoms with Gasteiger partial charge in [0.2, 0.25) is 0 Å². The highest BCUT2D eigenvalue weighted by atomic mass is 35.5. The number of halogens is 2. The summed E-state index contributed by atoms with van der Waals surface area (Å²) in [6.07, 6.45) is 2.33. The zero-order valence-electron chi connectivity index (χ0n) is 17.3. The molecule has 3 heterocycles. The first-order valence-corrected chi connectivity index (χ1v) is 11.1. The van der Waals surface area contributed by atoms with Gasteiger partial charge in [-0.2, -0.15) is 0 Å². The number of carbonyl (C=O) groups excluding carboxylic acids is 2. The topological polar surface area (TPSA) is 79.7 Å². The first kappa shape index (κ1) is 21.5. The second-order valence-corrected chi connectivity index (χ2v) is 8.66. The monoisotopic (exact) mass is 480 g/mol. The minimum Gasteiger partial charge on any atom is -0.507 e. The SMILES string of the molecule is O=C1C(=O)N(Cc2ccccn2)C(c2ccc(Cl)c(Cl)c2)/C1=C(/O)c1ccc2c(c1)CCO2. The third-order valence-electron chi connectivity index (χ3n) is 5.82. The smallest absolute Gasteiger partial charge is 0.296 e. The first-order chi connectivity index (χ1) is 15.9. The number of carbonyl (C=O) groups is 2. The molecule has 0 spiro atoms. The van der Waals surface area contributed by atoms with Gasteiger partial charge in [0, 0.05) is 18.2 Å². The van der Waals surface area contributed by atoms with Crippen molar-refractivity contribution >= 4 is 40.7 Å². The minimum atomic E-state index is -0.855. The van der Waals surface area contributed by atoms with E-state index in [0.29, 0.717) is 34.9 Å². The number of hydrogen-bond acceptors (Lipinski definition) is 5. The summed E-state index contributed by atoms with van der Waals surface area (Å²) in [5.41, 5.74) is 2.55. The molecular weight excluding hydrogens is 463 g/mol. The van der Waals surface area contributed by atoms with Crippen molar-refractivity contribution in [2.75, 3.05) is 6.61 Å². The third-order valence-corrected chi connectivity index (χ3v) is 6.56. The van der Waals surface area contributed by atoms with E-state index in [-0.39, 0.29) is 22.9 Å². The highest BCUT2D eigenvalue weighted by molar-refractivity contribution is 6.46. The van der Waals surface area contributed by atoms with Crippen LogP contribution >= 0.6 is 23.2 Å². The molecule has 6 nitrogen and oxygen atoms in total. The number of amides is 1. The molecule has 1 fully saturated rings. The lowest BCUT2D eigenvalue weighted by molar-refractivity contribution is -0.140. The van der Waals surface area contributed by atoms with Crippen molar-refractivity contribution in [3.05, 3.63) is 98.8 Å². The molecule has 8 heteroatoms. The van der Waals surface area contributed by atoms with Crippen LogP contribution in [0.15, 0.2) is 66.4 Å². The predicted octanol–water partition coefficient (Wildman–Crippen LogP) is 4.95. The van der Waals surface area contributed by atoms with Gasteiger partial charge >= 0.3 is 0 Å². The second-order valence-electron chi connectivity index (χ2n) is 7.84. The summed E-state index contributed by atoms with van der Waals surface area (Å²) in [6, 6.07) is 14.6. The summed E-state index contributed by atoms with van der Waals surface area (Å²) in [6.45, 7) is 0.655. The Balaban J connectivity index is 1.66. The Morgan fingerprint density at radius 3 is 2.70 bits per heavy atom. The molecule has 0 radical (unpaired) electrons. The van der Waals surface area contributed by atoms with Crippen LogP contribution in [0.5, 0.6) is 5.75 Å². The largest absolute Gasteiger partial charge is 0.507 e. The summed E-state index contributed by atoms with van der Waals surface area (Å²) in [5.74, 6) is -0.982. The highest BCUT2D eigenvalue weighted by Crippen LogP contribution is 2.42. The fraction of sp³-hybridized carbons (Fsp3) is 0.160. The number of rotatable bonds is 4. The Bertz CT molecular complexity index is 1310. The predicted molar refractivity (Wildman–Crippen MR) is 124 cm³/mol. The minimum absolute atomic E-state index is 0.00631. The van der Waals surface area contributed by atoms with Gasteiger partial charge in [0.15, 0.2) is 0 Å². The lowest BCUT2D eigenvalue weighted by Gasteiger charge is -2.25. The number of Topliss-reactive ketones (excluding diaryl/α,β-unsaturated/α-hetero) is 1.